The highest BCUT2D eigenvalue weighted by atomic mass is 32.2. The van der Waals surface area contributed by atoms with E-state index in [4.69, 9.17) is 4.74 Å². The summed E-state index contributed by atoms with van der Waals surface area (Å²) in [4.78, 5) is 0. The van der Waals surface area contributed by atoms with Gasteiger partial charge in [-0.2, -0.15) is 11.8 Å². The summed E-state index contributed by atoms with van der Waals surface area (Å²) in [6.07, 6.45) is 1.17. The van der Waals surface area contributed by atoms with E-state index in [-0.39, 0.29) is 11.9 Å². The predicted octanol–water partition coefficient (Wildman–Crippen LogP) is 2.99. The van der Waals surface area contributed by atoms with Crippen molar-refractivity contribution in [2.75, 3.05) is 18.6 Å². The van der Waals surface area contributed by atoms with Crippen LogP contribution in [0.15, 0.2) is 18.2 Å². The Bertz CT molecular complexity index is 380. The van der Waals surface area contributed by atoms with Gasteiger partial charge in [-0.05, 0) is 25.2 Å². The Hall–Kier alpha value is -0.740. The summed E-state index contributed by atoms with van der Waals surface area (Å²) in [5.74, 6) is 2.70. The zero-order chi connectivity index (χ0) is 12.3. The van der Waals surface area contributed by atoms with Crippen LogP contribution in [0.4, 0.5) is 4.39 Å². The van der Waals surface area contributed by atoms with Crippen molar-refractivity contribution < 1.29 is 9.13 Å². The maximum Gasteiger partial charge on any atom is 0.131 e. The van der Waals surface area contributed by atoms with Crippen LogP contribution in [-0.2, 0) is 0 Å². The van der Waals surface area contributed by atoms with Gasteiger partial charge in [-0.3, -0.25) is 0 Å². The average Bonchev–Trinajstić information content (AvgIpc) is 2.81. The Kier molecular flexibility index (Phi) is 4.29. The van der Waals surface area contributed by atoms with Gasteiger partial charge in [-0.15, -0.1) is 0 Å². The van der Waals surface area contributed by atoms with Crippen LogP contribution in [0.5, 0.6) is 5.75 Å². The van der Waals surface area contributed by atoms with Gasteiger partial charge in [0.15, 0.2) is 0 Å². The zero-order valence-corrected chi connectivity index (χ0v) is 11.0. The molecule has 2 nitrogen and oxygen atoms in total. The van der Waals surface area contributed by atoms with Crippen LogP contribution in [0.3, 0.4) is 0 Å². The molecule has 4 heteroatoms. The summed E-state index contributed by atoms with van der Waals surface area (Å²) in [6.45, 7) is 2.01. The van der Waals surface area contributed by atoms with Crippen molar-refractivity contribution in [2.45, 2.75) is 25.4 Å². The van der Waals surface area contributed by atoms with Crippen LogP contribution < -0.4 is 10.1 Å². The molecule has 1 N–H and O–H groups in total. The fraction of sp³-hybridized carbons (Fsp3) is 0.538. The topological polar surface area (TPSA) is 21.3 Å². The van der Waals surface area contributed by atoms with Gasteiger partial charge in [0.25, 0.3) is 0 Å². The van der Waals surface area contributed by atoms with E-state index >= 15 is 0 Å². The number of methoxy groups -OCH3 is 1. The van der Waals surface area contributed by atoms with Crippen molar-refractivity contribution in [3.8, 4) is 5.75 Å². The van der Waals surface area contributed by atoms with Gasteiger partial charge in [0.2, 0.25) is 0 Å². The molecule has 2 atom stereocenters. The predicted molar refractivity (Wildman–Crippen MR) is 70.2 cm³/mol. The van der Waals surface area contributed by atoms with Crippen molar-refractivity contribution in [1.82, 2.24) is 5.32 Å². The highest BCUT2D eigenvalue weighted by Crippen LogP contribution is 2.24. The van der Waals surface area contributed by atoms with Crippen molar-refractivity contribution >= 4 is 11.8 Å². The molecule has 1 saturated heterocycles. The van der Waals surface area contributed by atoms with E-state index in [1.165, 1.54) is 18.2 Å². The molecule has 17 heavy (non-hydrogen) atoms. The molecular formula is C13H18FNOS. The first-order valence-corrected chi connectivity index (χ1v) is 7.03. The van der Waals surface area contributed by atoms with Crippen LogP contribution in [0.2, 0.25) is 0 Å². The number of thioether (sulfide) groups is 1. The standard InChI is InChI=1S/C13H18FNOS/c1-9(15-10-5-6-17-8-10)12-4-3-11(16-2)7-13(12)14/h3-4,7,9-10,15H,5-6,8H2,1-2H3. The first-order chi connectivity index (χ1) is 8.20. The SMILES string of the molecule is COc1ccc(C(C)NC2CCSC2)c(F)c1. The molecule has 1 aliphatic heterocycles. The van der Waals surface area contributed by atoms with E-state index in [0.29, 0.717) is 17.4 Å². The lowest BCUT2D eigenvalue weighted by molar-refractivity contribution is 0.408. The van der Waals surface area contributed by atoms with E-state index in [2.05, 4.69) is 5.32 Å². The molecule has 1 aliphatic rings. The second-order valence-electron chi connectivity index (χ2n) is 4.34. The molecular weight excluding hydrogens is 237 g/mol. The van der Waals surface area contributed by atoms with Gasteiger partial charge < -0.3 is 10.1 Å². The largest absolute Gasteiger partial charge is 0.497 e. The molecule has 94 valence electrons. The summed E-state index contributed by atoms with van der Waals surface area (Å²) in [5, 5.41) is 3.47. The molecule has 0 saturated carbocycles. The number of halogens is 1. The van der Waals surface area contributed by atoms with Crippen LogP contribution >= 0.6 is 11.8 Å². The third kappa shape index (κ3) is 3.13. The molecule has 1 aromatic carbocycles. The van der Waals surface area contributed by atoms with Crippen molar-refractivity contribution in [2.24, 2.45) is 0 Å². The van der Waals surface area contributed by atoms with E-state index in [1.807, 2.05) is 18.7 Å². The third-order valence-electron chi connectivity index (χ3n) is 3.09. The maximum absolute atomic E-state index is 13.8. The molecule has 2 unspecified atom stereocenters. The van der Waals surface area contributed by atoms with Gasteiger partial charge in [-0.25, -0.2) is 4.39 Å². The number of nitrogens with one attached hydrogen (secondary N) is 1. The first kappa shape index (κ1) is 12.7. The van der Waals surface area contributed by atoms with Gasteiger partial charge >= 0.3 is 0 Å². The van der Waals surface area contributed by atoms with Crippen LogP contribution in [-0.4, -0.2) is 24.7 Å². The van der Waals surface area contributed by atoms with E-state index in [9.17, 15) is 4.39 Å². The molecule has 1 aromatic rings. The quantitative estimate of drug-likeness (QED) is 0.893. The Morgan fingerprint density at radius 1 is 1.53 bits per heavy atom. The minimum atomic E-state index is -0.199. The minimum Gasteiger partial charge on any atom is -0.497 e. The van der Waals surface area contributed by atoms with Crippen LogP contribution in [0.25, 0.3) is 0 Å². The average molecular weight is 255 g/mol. The third-order valence-corrected chi connectivity index (χ3v) is 4.25. The van der Waals surface area contributed by atoms with E-state index < -0.39 is 0 Å². The van der Waals surface area contributed by atoms with Crippen LogP contribution in [0, 0.1) is 5.82 Å². The van der Waals surface area contributed by atoms with Gasteiger partial charge in [-0.1, -0.05) is 6.07 Å². The number of ether oxygens (including phenoxy) is 1. The normalized spacial score (nSPS) is 21.5. The molecule has 2 rings (SSSR count). The lowest BCUT2D eigenvalue weighted by Crippen LogP contribution is -2.31. The molecule has 0 radical (unpaired) electrons. The summed E-state index contributed by atoms with van der Waals surface area (Å²) in [5.41, 5.74) is 0.711. The number of hydrogen-bond acceptors (Lipinski definition) is 3. The van der Waals surface area contributed by atoms with E-state index in [0.717, 1.165) is 5.75 Å². The molecule has 1 heterocycles. The summed E-state index contributed by atoms with van der Waals surface area (Å²) < 4.78 is 18.8. The molecule has 0 aliphatic carbocycles. The zero-order valence-electron chi connectivity index (χ0n) is 10.2. The molecule has 0 spiro atoms. The lowest BCUT2D eigenvalue weighted by atomic mass is 10.1. The van der Waals surface area contributed by atoms with E-state index in [1.54, 1.807) is 19.2 Å². The highest BCUT2D eigenvalue weighted by Gasteiger charge is 2.19. The van der Waals surface area contributed by atoms with Crippen molar-refractivity contribution in [1.29, 1.82) is 0 Å². The second kappa shape index (κ2) is 5.74. The van der Waals surface area contributed by atoms with Gasteiger partial charge in [0, 0.05) is 29.5 Å². The maximum atomic E-state index is 13.8. The first-order valence-electron chi connectivity index (χ1n) is 5.88. The Morgan fingerprint density at radius 3 is 2.94 bits per heavy atom. The summed E-state index contributed by atoms with van der Waals surface area (Å²) >= 11 is 1.95. The minimum absolute atomic E-state index is 0.0459. The number of rotatable bonds is 4. The molecule has 0 aromatic heterocycles. The molecule has 1 fully saturated rings. The summed E-state index contributed by atoms with van der Waals surface area (Å²) in [7, 11) is 1.55. The fourth-order valence-corrected chi connectivity index (χ4v) is 3.26. The summed E-state index contributed by atoms with van der Waals surface area (Å²) in [6, 6.07) is 5.60. The van der Waals surface area contributed by atoms with Crippen LogP contribution in [0.1, 0.15) is 24.9 Å². The number of benzene rings is 1. The monoisotopic (exact) mass is 255 g/mol. The van der Waals surface area contributed by atoms with Crippen molar-refractivity contribution in [3.63, 3.8) is 0 Å². The fourth-order valence-electron chi connectivity index (χ4n) is 2.10. The second-order valence-corrected chi connectivity index (χ2v) is 5.49. The lowest BCUT2D eigenvalue weighted by Gasteiger charge is -2.19. The Morgan fingerprint density at radius 2 is 2.35 bits per heavy atom. The highest BCUT2D eigenvalue weighted by molar-refractivity contribution is 7.99. The molecule has 0 bridgehead atoms. The van der Waals surface area contributed by atoms with Gasteiger partial charge in [0.1, 0.15) is 11.6 Å². The smallest absolute Gasteiger partial charge is 0.131 e. The number of hydrogen-bond donors (Lipinski definition) is 1. The Balaban J connectivity index is 2.04. The van der Waals surface area contributed by atoms with Gasteiger partial charge in [0.05, 0.1) is 7.11 Å². The molecule has 0 amide bonds. The Labute approximate surface area is 106 Å². The van der Waals surface area contributed by atoms with Crippen molar-refractivity contribution in [3.05, 3.63) is 29.6 Å².